The highest BCUT2D eigenvalue weighted by atomic mass is 16.5. The topological polar surface area (TPSA) is 106 Å². The minimum atomic E-state index is -0.561. The van der Waals surface area contributed by atoms with E-state index in [2.05, 4.69) is 9.97 Å². The van der Waals surface area contributed by atoms with E-state index in [4.69, 9.17) is 24.7 Å². The monoisotopic (exact) mass is 393 g/mol. The molecule has 0 aliphatic rings. The molecule has 0 aliphatic carbocycles. The molecule has 0 saturated carbocycles. The molecule has 0 saturated heterocycles. The molecular formula is C21H19N3O5. The summed E-state index contributed by atoms with van der Waals surface area (Å²) >= 11 is 0. The van der Waals surface area contributed by atoms with Crippen molar-refractivity contribution in [1.29, 1.82) is 0 Å². The first-order chi connectivity index (χ1) is 14.1. The molecule has 0 atom stereocenters. The summed E-state index contributed by atoms with van der Waals surface area (Å²) in [7, 11) is 2.73. The van der Waals surface area contributed by atoms with Gasteiger partial charge in [0.25, 0.3) is 0 Å². The summed E-state index contributed by atoms with van der Waals surface area (Å²) in [5.41, 5.74) is 7.05. The summed E-state index contributed by atoms with van der Waals surface area (Å²) < 4.78 is 21.4. The van der Waals surface area contributed by atoms with Crippen molar-refractivity contribution in [3.8, 4) is 23.3 Å². The molecule has 2 N–H and O–H groups in total. The molecular weight excluding hydrogens is 374 g/mol. The summed E-state index contributed by atoms with van der Waals surface area (Å²) in [5.74, 6) is 0.761. The molecule has 0 fully saturated rings. The van der Waals surface area contributed by atoms with Gasteiger partial charge in [-0.3, -0.25) is 0 Å². The normalized spacial score (nSPS) is 10.9. The smallest absolute Gasteiger partial charge is 0.341 e. The van der Waals surface area contributed by atoms with E-state index in [1.165, 1.54) is 32.9 Å². The largest absolute Gasteiger partial charge is 0.503 e. The molecule has 1 heterocycles. The summed E-state index contributed by atoms with van der Waals surface area (Å²) in [4.78, 5) is 20.3. The zero-order valence-corrected chi connectivity index (χ0v) is 15.9. The fourth-order valence-electron chi connectivity index (χ4n) is 2.46. The Morgan fingerprint density at radius 2 is 1.55 bits per heavy atom. The Bertz CT molecular complexity index is 1040. The van der Waals surface area contributed by atoms with Gasteiger partial charge in [0.05, 0.1) is 32.2 Å². The van der Waals surface area contributed by atoms with Crippen LogP contribution in [0.3, 0.4) is 0 Å². The minimum Gasteiger partial charge on any atom is -0.503 e. The van der Waals surface area contributed by atoms with E-state index in [0.717, 1.165) is 0 Å². The molecule has 2 aromatic carbocycles. The van der Waals surface area contributed by atoms with Crippen LogP contribution in [0.4, 0.5) is 5.69 Å². The number of nitrogens with zero attached hydrogens (tertiary/aromatic N) is 2. The van der Waals surface area contributed by atoms with Crippen molar-refractivity contribution in [2.45, 2.75) is 0 Å². The number of carbonyl (C=O) groups is 1. The lowest BCUT2D eigenvalue weighted by molar-refractivity contribution is -0.133. The summed E-state index contributed by atoms with van der Waals surface area (Å²) in [6.07, 6.45) is 2.60. The van der Waals surface area contributed by atoms with Gasteiger partial charge in [-0.1, -0.05) is 30.3 Å². The number of nitrogens with two attached hydrogens (primary N) is 1. The van der Waals surface area contributed by atoms with Crippen LogP contribution in [0.25, 0.3) is 5.57 Å². The van der Waals surface area contributed by atoms with Gasteiger partial charge in [0.15, 0.2) is 5.75 Å². The molecule has 148 valence electrons. The fraction of sp³-hybridized carbons (Fsp3) is 0.0952. The first-order valence-electron chi connectivity index (χ1n) is 8.55. The molecule has 8 heteroatoms. The lowest BCUT2D eigenvalue weighted by Gasteiger charge is -2.12. The number of hydrogen-bond donors (Lipinski definition) is 1. The average molecular weight is 393 g/mol. The predicted molar refractivity (Wildman–Crippen MR) is 106 cm³/mol. The maximum Gasteiger partial charge on any atom is 0.341 e. The lowest BCUT2D eigenvalue weighted by atomic mass is 10.1. The van der Waals surface area contributed by atoms with Crippen LogP contribution in [0, 0.1) is 0 Å². The van der Waals surface area contributed by atoms with Gasteiger partial charge in [-0.2, -0.15) is 0 Å². The number of hydrogen-bond acceptors (Lipinski definition) is 8. The highest BCUT2D eigenvalue weighted by molar-refractivity contribution is 6.17. The third-order valence-electron chi connectivity index (χ3n) is 3.78. The van der Waals surface area contributed by atoms with Crippen molar-refractivity contribution in [2.24, 2.45) is 0 Å². The number of methoxy groups -OCH3 is 2. The van der Waals surface area contributed by atoms with Crippen LogP contribution < -0.4 is 15.2 Å². The predicted octanol–water partition coefficient (Wildman–Crippen LogP) is 3.80. The molecule has 8 nitrogen and oxygen atoms in total. The number of aromatic nitrogens is 2. The highest BCUT2D eigenvalue weighted by Crippen LogP contribution is 2.32. The second kappa shape index (κ2) is 9.23. The van der Waals surface area contributed by atoms with E-state index < -0.39 is 5.97 Å². The maximum absolute atomic E-state index is 12.1. The molecule has 3 aromatic rings. The molecule has 0 amide bonds. The van der Waals surface area contributed by atoms with Gasteiger partial charge in [-0.05, 0) is 18.2 Å². The number of rotatable bonds is 7. The Kier molecular flexibility index (Phi) is 6.26. The van der Waals surface area contributed by atoms with E-state index in [1.54, 1.807) is 48.5 Å². The number of anilines is 1. The molecule has 0 bridgehead atoms. The van der Waals surface area contributed by atoms with Crippen LogP contribution >= 0.6 is 0 Å². The standard InChI is InChI=1S/C21H19N3O5/c1-26-12-15(21(25)27-2)14-7-3-5-9-17(14)28-19-11-20(24-13-23-19)29-18-10-6-4-8-16(18)22/h3-13H,22H2,1-2H3. The van der Waals surface area contributed by atoms with E-state index in [-0.39, 0.29) is 17.3 Å². The molecule has 0 aliphatic heterocycles. The van der Waals surface area contributed by atoms with Crippen LogP contribution in [-0.2, 0) is 14.3 Å². The van der Waals surface area contributed by atoms with E-state index in [1.807, 2.05) is 0 Å². The van der Waals surface area contributed by atoms with Gasteiger partial charge >= 0.3 is 5.97 Å². The number of para-hydroxylation sites is 3. The minimum absolute atomic E-state index is 0.202. The van der Waals surface area contributed by atoms with Gasteiger partial charge in [-0.25, -0.2) is 14.8 Å². The highest BCUT2D eigenvalue weighted by Gasteiger charge is 2.18. The zero-order valence-electron chi connectivity index (χ0n) is 15.9. The fourth-order valence-corrected chi connectivity index (χ4v) is 2.46. The van der Waals surface area contributed by atoms with Crippen molar-refractivity contribution in [3.63, 3.8) is 0 Å². The molecule has 29 heavy (non-hydrogen) atoms. The van der Waals surface area contributed by atoms with Crippen LogP contribution in [0.2, 0.25) is 0 Å². The number of carbonyl (C=O) groups excluding carboxylic acids is 1. The van der Waals surface area contributed by atoms with E-state index in [0.29, 0.717) is 22.7 Å². The number of esters is 1. The second-order valence-corrected chi connectivity index (χ2v) is 5.69. The van der Waals surface area contributed by atoms with Gasteiger partial charge in [0, 0.05) is 5.56 Å². The molecule has 0 radical (unpaired) electrons. The van der Waals surface area contributed by atoms with Gasteiger partial charge in [0.2, 0.25) is 11.8 Å². The van der Waals surface area contributed by atoms with Crippen molar-refractivity contribution in [1.82, 2.24) is 9.97 Å². The number of nitrogen functional groups attached to an aromatic ring is 1. The molecule has 1 aromatic heterocycles. The Hall–Kier alpha value is -4.07. The Morgan fingerprint density at radius 1 is 0.931 bits per heavy atom. The number of ether oxygens (including phenoxy) is 4. The van der Waals surface area contributed by atoms with E-state index in [9.17, 15) is 4.79 Å². The van der Waals surface area contributed by atoms with Gasteiger partial charge in [0.1, 0.15) is 17.6 Å². The Morgan fingerprint density at radius 3 is 2.21 bits per heavy atom. The first-order valence-corrected chi connectivity index (χ1v) is 8.55. The molecule has 0 spiro atoms. The second-order valence-electron chi connectivity index (χ2n) is 5.69. The lowest BCUT2D eigenvalue weighted by Crippen LogP contribution is -2.06. The third kappa shape index (κ3) is 4.81. The number of benzene rings is 2. The van der Waals surface area contributed by atoms with Crippen LogP contribution in [-0.4, -0.2) is 30.2 Å². The van der Waals surface area contributed by atoms with Gasteiger partial charge in [-0.15, -0.1) is 0 Å². The Labute approximate surface area is 167 Å². The first kappa shape index (κ1) is 19.7. The van der Waals surface area contributed by atoms with Crippen LogP contribution in [0.5, 0.6) is 23.3 Å². The SMILES string of the molecule is COC=C(C(=O)OC)c1ccccc1Oc1cc(Oc2ccccc2N)ncn1. The quantitative estimate of drug-likeness (QED) is 0.280. The summed E-state index contributed by atoms with van der Waals surface area (Å²) in [6, 6.07) is 15.5. The van der Waals surface area contributed by atoms with Crippen LogP contribution in [0.1, 0.15) is 5.56 Å². The van der Waals surface area contributed by atoms with Crippen molar-refractivity contribution < 1.29 is 23.7 Å². The zero-order chi connectivity index (χ0) is 20.6. The van der Waals surface area contributed by atoms with Crippen LogP contribution in [0.15, 0.2) is 67.2 Å². The average Bonchev–Trinajstić information content (AvgIpc) is 2.74. The Balaban J connectivity index is 1.89. The van der Waals surface area contributed by atoms with E-state index >= 15 is 0 Å². The van der Waals surface area contributed by atoms with Crippen molar-refractivity contribution in [3.05, 3.63) is 72.8 Å². The summed E-state index contributed by atoms with van der Waals surface area (Å²) in [6.45, 7) is 0. The van der Waals surface area contributed by atoms with Gasteiger partial charge < -0.3 is 24.7 Å². The van der Waals surface area contributed by atoms with Crippen molar-refractivity contribution in [2.75, 3.05) is 20.0 Å². The third-order valence-corrected chi connectivity index (χ3v) is 3.78. The van der Waals surface area contributed by atoms with Crippen molar-refractivity contribution >= 4 is 17.2 Å². The maximum atomic E-state index is 12.1. The molecule has 3 rings (SSSR count). The summed E-state index contributed by atoms with van der Waals surface area (Å²) in [5, 5.41) is 0. The molecule has 0 unspecified atom stereocenters.